The summed E-state index contributed by atoms with van der Waals surface area (Å²) in [5.41, 5.74) is 5.01. The van der Waals surface area contributed by atoms with E-state index in [4.69, 9.17) is 0 Å². The van der Waals surface area contributed by atoms with Crippen molar-refractivity contribution in [3.63, 3.8) is 0 Å². The molecule has 130 valence electrons. The average Bonchev–Trinajstić information content (AvgIpc) is 2.90. The molecule has 0 spiro atoms. The molecular weight excluding hydrogens is 312 g/mol. The lowest BCUT2D eigenvalue weighted by Gasteiger charge is -2.28. The number of amides is 2. The largest absolute Gasteiger partial charge is 0.307 e. The van der Waals surface area contributed by atoms with E-state index in [-0.39, 0.29) is 24.4 Å². The predicted octanol–water partition coefficient (Wildman–Crippen LogP) is 3.63. The number of anilines is 2. The number of hydrogen-bond acceptors (Lipinski definition) is 2. The number of benzene rings is 2. The average molecular weight is 336 g/mol. The highest BCUT2D eigenvalue weighted by Gasteiger charge is 2.32. The Hall–Kier alpha value is -2.62. The van der Waals surface area contributed by atoms with E-state index in [2.05, 4.69) is 6.07 Å². The summed E-state index contributed by atoms with van der Waals surface area (Å²) < 4.78 is 0. The van der Waals surface area contributed by atoms with Gasteiger partial charge in [-0.05, 0) is 56.0 Å². The SMILES string of the molecule is CC(=O)N(CC(=O)N1c2ccccc2CC1C)c1cc(C)ccc1C. The van der Waals surface area contributed by atoms with Crippen LogP contribution in [0.2, 0.25) is 0 Å². The van der Waals surface area contributed by atoms with E-state index < -0.39 is 0 Å². The number of fused-ring (bicyclic) bond motifs is 1. The number of rotatable bonds is 3. The van der Waals surface area contributed by atoms with E-state index in [1.165, 1.54) is 12.5 Å². The van der Waals surface area contributed by atoms with Crippen LogP contribution in [-0.2, 0) is 16.0 Å². The van der Waals surface area contributed by atoms with Crippen LogP contribution in [0.5, 0.6) is 0 Å². The Labute approximate surface area is 149 Å². The molecule has 0 saturated heterocycles. The van der Waals surface area contributed by atoms with Gasteiger partial charge in [-0.15, -0.1) is 0 Å². The van der Waals surface area contributed by atoms with Crippen LogP contribution in [-0.4, -0.2) is 24.4 Å². The first-order valence-corrected chi connectivity index (χ1v) is 8.64. The second kappa shape index (κ2) is 6.71. The van der Waals surface area contributed by atoms with Crippen LogP contribution >= 0.6 is 0 Å². The third kappa shape index (κ3) is 3.29. The Morgan fingerprint density at radius 1 is 1.16 bits per heavy atom. The van der Waals surface area contributed by atoms with E-state index >= 15 is 0 Å². The van der Waals surface area contributed by atoms with Crippen molar-refractivity contribution in [2.24, 2.45) is 0 Å². The highest BCUT2D eigenvalue weighted by atomic mass is 16.2. The van der Waals surface area contributed by atoms with Crippen LogP contribution in [0.3, 0.4) is 0 Å². The molecule has 0 saturated carbocycles. The van der Waals surface area contributed by atoms with Crippen LogP contribution in [0.4, 0.5) is 11.4 Å². The molecule has 3 rings (SSSR count). The smallest absolute Gasteiger partial charge is 0.247 e. The molecule has 0 fully saturated rings. The van der Waals surface area contributed by atoms with Crippen LogP contribution in [0.1, 0.15) is 30.5 Å². The van der Waals surface area contributed by atoms with Gasteiger partial charge in [-0.2, -0.15) is 0 Å². The van der Waals surface area contributed by atoms with Gasteiger partial charge < -0.3 is 9.80 Å². The summed E-state index contributed by atoms with van der Waals surface area (Å²) in [6.45, 7) is 7.56. The lowest BCUT2D eigenvalue weighted by molar-refractivity contribution is -0.121. The maximum absolute atomic E-state index is 13.0. The number of para-hydroxylation sites is 1. The van der Waals surface area contributed by atoms with E-state index in [1.807, 2.05) is 62.1 Å². The molecule has 0 aliphatic carbocycles. The second-order valence-electron chi connectivity index (χ2n) is 6.84. The van der Waals surface area contributed by atoms with Crippen molar-refractivity contribution < 1.29 is 9.59 Å². The van der Waals surface area contributed by atoms with E-state index in [9.17, 15) is 9.59 Å². The van der Waals surface area contributed by atoms with E-state index in [0.29, 0.717) is 0 Å². The van der Waals surface area contributed by atoms with Crippen molar-refractivity contribution in [3.8, 4) is 0 Å². The van der Waals surface area contributed by atoms with Gasteiger partial charge in [0.25, 0.3) is 0 Å². The molecule has 1 aliphatic rings. The van der Waals surface area contributed by atoms with Gasteiger partial charge >= 0.3 is 0 Å². The quantitative estimate of drug-likeness (QED) is 0.859. The van der Waals surface area contributed by atoms with Gasteiger partial charge in [0.2, 0.25) is 11.8 Å². The molecule has 4 heteroatoms. The van der Waals surface area contributed by atoms with Crippen molar-refractivity contribution in [3.05, 3.63) is 59.2 Å². The van der Waals surface area contributed by atoms with Crippen molar-refractivity contribution in [2.75, 3.05) is 16.3 Å². The second-order valence-corrected chi connectivity index (χ2v) is 6.84. The summed E-state index contributed by atoms with van der Waals surface area (Å²) in [5, 5.41) is 0. The van der Waals surface area contributed by atoms with Gasteiger partial charge in [-0.25, -0.2) is 0 Å². The zero-order chi connectivity index (χ0) is 18.1. The van der Waals surface area contributed by atoms with Gasteiger partial charge in [-0.3, -0.25) is 9.59 Å². The molecule has 1 aliphatic heterocycles. The summed E-state index contributed by atoms with van der Waals surface area (Å²) in [6, 6.07) is 14.1. The zero-order valence-corrected chi connectivity index (χ0v) is 15.2. The van der Waals surface area contributed by atoms with Crippen molar-refractivity contribution in [2.45, 2.75) is 40.2 Å². The Morgan fingerprint density at radius 2 is 1.88 bits per heavy atom. The minimum Gasteiger partial charge on any atom is -0.307 e. The minimum absolute atomic E-state index is 0.0476. The molecule has 0 aromatic heterocycles. The first kappa shape index (κ1) is 17.2. The summed E-state index contributed by atoms with van der Waals surface area (Å²) in [4.78, 5) is 28.7. The number of aryl methyl sites for hydroxylation is 2. The molecule has 2 aromatic rings. The number of carbonyl (C=O) groups excluding carboxylic acids is 2. The Kier molecular flexibility index (Phi) is 4.62. The van der Waals surface area contributed by atoms with Crippen molar-refractivity contribution in [1.29, 1.82) is 0 Å². The molecule has 1 heterocycles. The number of carbonyl (C=O) groups is 2. The molecule has 0 N–H and O–H groups in total. The van der Waals surface area contributed by atoms with E-state index in [0.717, 1.165) is 28.9 Å². The molecule has 25 heavy (non-hydrogen) atoms. The normalized spacial score (nSPS) is 15.8. The minimum atomic E-state index is -0.123. The summed E-state index contributed by atoms with van der Waals surface area (Å²) >= 11 is 0. The highest BCUT2D eigenvalue weighted by molar-refractivity contribution is 6.04. The zero-order valence-electron chi connectivity index (χ0n) is 15.2. The fraction of sp³-hybridized carbons (Fsp3) is 0.333. The molecular formula is C21H24N2O2. The van der Waals surface area contributed by atoms with Gasteiger partial charge in [0.15, 0.2) is 0 Å². The molecule has 0 bridgehead atoms. The van der Waals surface area contributed by atoms with Gasteiger partial charge in [0, 0.05) is 24.3 Å². The van der Waals surface area contributed by atoms with Gasteiger partial charge in [0.1, 0.15) is 6.54 Å². The lowest BCUT2D eigenvalue weighted by atomic mass is 10.1. The third-order valence-corrected chi connectivity index (χ3v) is 4.80. The number of hydrogen-bond donors (Lipinski definition) is 0. The first-order valence-electron chi connectivity index (χ1n) is 8.64. The molecule has 2 aromatic carbocycles. The lowest BCUT2D eigenvalue weighted by Crippen LogP contribution is -2.45. The Balaban J connectivity index is 1.90. The Morgan fingerprint density at radius 3 is 2.60 bits per heavy atom. The molecule has 4 nitrogen and oxygen atoms in total. The highest BCUT2D eigenvalue weighted by Crippen LogP contribution is 2.32. The van der Waals surface area contributed by atoms with Crippen LogP contribution in [0, 0.1) is 13.8 Å². The molecule has 1 unspecified atom stereocenters. The summed E-state index contributed by atoms with van der Waals surface area (Å²) in [7, 11) is 0. The summed E-state index contributed by atoms with van der Waals surface area (Å²) in [5.74, 6) is -0.171. The molecule has 1 atom stereocenters. The van der Waals surface area contributed by atoms with Crippen LogP contribution in [0.15, 0.2) is 42.5 Å². The fourth-order valence-electron chi connectivity index (χ4n) is 3.53. The maximum atomic E-state index is 13.0. The van der Waals surface area contributed by atoms with Crippen LogP contribution < -0.4 is 9.80 Å². The maximum Gasteiger partial charge on any atom is 0.247 e. The van der Waals surface area contributed by atoms with Crippen LogP contribution in [0.25, 0.3) is 0 Å². The first-order chi connectivity index (χ1) is 11.9. The van der Waals surface area contributed by atoms with Crippen molar-refractivity contribution in [1.82, 2.24) is 0 Å². The fourth-order valence-corrected chi connectivity index (χ4v) is 3.53. The standard InChI is InChI=1S/C21H24N2O2/c1-14-9-10-15(2)20(11-14)22(17(4)24)13-21(25)23-16(3)12-18-7-5-6-8-19(18)23/h5-11,16H,12-13H2,1-4H3. The molecule has 0 radical (unpaired) electrons. The summed E-state index contributed by atoms with van der Waals surface area (Å²) in [6.07, 6.45) is 0.853. The van der Waals surface area contributed by atoms with Crippen molar-refractivity contribution >= 4 is 23.2 Å². The Bertz CT molecular complexity index is 828. The molecule has 2 amide bonds. The van der Waals surface area contributed by atoms with E-state index in [1.54, 1.807) is 4.90 Å². The van der Waals surface area contributed by atoms with Gasteiger partial charge in [-0.1, -0.05) is 30.3 Å². The monoisotopic (exact) mass is 336 g/mol. The third-order valence-electron chi connectivity index (χ3n) is 4.80. The topological polar surface area (TPSA) is 40.6 Å². The predicted molar refractivity (Wildman–Crippen MR) is 101 cm³/mol. The number of nitrogens with zero attached hydrogens (tertiary/aromatic N) is 2. The van der Waals surface area contributed by atoms with Gasteiger partial charge in [0.05, 0.1) is 0 Å².